The van der Waals surface area contributed by atoms with Crippen LogP contribution in [0.3, 0.4) is 0 Å². The zero-order valence-electron chi connectivity index (χ0n) is 11.5. The van der Waals surface area contributed by atoms with Crippen molar-refractivity contribution in [2.24, 2.45) is 5.92 Å². The normalized spacial score (nSPS) is 16.5. The number of aromatic nitrogens is 1. The SMILES string of the molecule is Cc1ccc(C(NCc2ncc(C)o2)C2CC2)cc1. The molecule has 3 rings (SSSR count). The predicted octanol–water partition coefficient (Wildman–Crippen LogP) is 3.53. The van der Waals surface area contributed by atoms with Crippen LogP contribution in [0.4, 0.5) is 0 Å². The minimum atomic E-state index is 0.424. The topological polar surface area (TPSA) is 38.1 Å². The van der Waals surface area contributed by atoms with Crippen molar-refractivity contribution >= 4 is 0 Å². The standard InChI is InChI=1S/C16H20N2O/c1-11-3-5-13(6-4-11)16(14-7-8-14)18-10-15-17-9-12(2)19-15/h3-6,9,14,16,18H,7-8,10H2,1-2H3. The molecule has 100 valence electrons. The molecule has 1 unspecified atom stereocenters. The highest BCUT2D eigenvalue weighted by atomic mass is 16.4. The van der Waals surface area contributed by atoms with Crippen molar-refractivity contribution in [3.63, 3.8) is 0 Å². The van der Waals surface area contributed by atoms with E-state index in [2.05, 4.69) is 41.5 Å². The second-order valence-corrected chi connectivity index (χ2v) is 5.47. The average Bonchev–Trinajstić information content (AvgIpc) is 3.15. The summed E-state index contributed by atoms with van der Waals surface area (Å²) in [6.45, 7) is 4.75. The van der Waals surface area contributed by atoms with Crippen molar-refractivity contribution in [3.05, 3.63) is 53.2 Å². The van der Waals surface area contributed by atoms with Gasteiger partial charge in [0.25, 0.3) is 0 Å². The molecule has 0 amide bonds. The Morgan fingerprint density at radius 3 is 2.58 bits per heavy atom. The molecule has 0 aliphatic heterocycles. The van der Waals surface area contributed by atoms with Gasteiger partial charge in [0, 0.05) is 6.04 Å². The Kier molecular flexibility index (Phi) is 3.38. The smallest absolute Gasteiger partial charge is 0.208 e. The molecule has 3 heteroatoms. The van der Waals surface area contributed by atoms with Crippen LogP contribution in [0.1, 0.15) is 41.7 Å². The van der Waals surface area contributed by atoms with Crippen molar-refractivity contribution in [2.45, 2.75) is 39.3 Å². The minimum absolute atomic E-state index is 0.424. The maximum absolute atomic E-state index is 5.52. The number of oxazole rings is 1. The molecular formula is C16H20N2O. The zero-order chi connectivity index (χ0) is 13.2. The molecule has 1 fully saturated rings. The van der Waals surface area contributed by atoms with Gasteiger partial charge < -0.3 is 9.73 Å². The van der Waals surface area contributed by atoms with E-state index in [1.165, 1.54) is 24.0 Å². The minimum Gasteiger partial charge on any atom is -0.445 e. The van der Waals surface area contributed by atoms with Gasteiger partial charge in [-0.15, -0.1) is 0 Å². The first kappa shape index (κ1) is 12.4. The molecule has 1 saturated carbocycles. The highest BCUT2D eigenvalue weighted by Crippen LogP contribution is 2.41. The summed E-state index contributed by atoms with van der Waals surface area (Å²) < 4.78 is 5.52. The first-order valence-electron chi connectivity index (χ1n) is 6.93. The Bertz CT molecular complexity index is 540. The van der Waals surface area contributed by atoms with Crippen LogP contribution in [0.25, 0.3) is 0 Å². The van der Waals surface area contributed by atoms with Gasteiger partial charge >= 0.3 is 0 Å². The van der Waals surface area contributed by atoms with Gasteiger partial charge in [-0.1, -0.05) is 29.8 Å². The summed E-state index contributed by atoms with van der Waals surface area (Å²) in [6.07, 6.45) is 4.40. The lowest BCUT2D eigenvalue weighted by molar-refractivity contribution is 0.407. The molecule has 0 saturated heterocycles. The first-order valence-corrected chi connectivity index (χ1v) is 6.93. The van der Waals surface area contributed by atoms with E-state index in [9.17, 15) is 0 Å². The molecule has 0 radical (unpaired) electrons. The van der Waals surface area contributed by atoms with E-state index in [0.717, 1.165) is 17.6 Å². The zero-order valence-corrected chi connectivity index (χ0v) is 11.5. The lowest BCUT2D eigenvalue weighted by Crippen LogP contribution is -2.22. The van der Waals surface area contributed by atoms with Gasteiger partial charge in [0.1, 0.15) is 5.76 Å². The molecule has 1 aromatic heterocycles. The third-order valence-corrected chi connectivity index (χ3v) is 3.67. The summed E-state index contributed by atoms with van der Waals surface area (Å²) in [5.74, 6) is 2.41. The number of aryl methyl sites for hydroxylation is 2. The Labute approximate surface area is 114 Å². The van der Waals surface area contributed by atoms with Gasteiger partial charge in [0.15, 0.2) is 0 Å². The van der Waals surface area contributed by atoms with Crippen LogP contribution >= 0.6 is 0 Å². The molecule has 0 bridgehead atoms. The van der Waals surface area contributed by atoms with Gasteiger partial charge in [-0.25, -0.2) is 4.98 Å². The van der Waals surface area contributed by atoms with Crippen molar-refractivity contribution in [2.75, 3.05) is 0 Å². The molecule has 1 aromatic carbocycles. The van der Waals surface area contributed by atoms with Crippen molar-refractivity contribution in [1.82, 2.24) is 10.3 Å². The highest BCUT2D eigenvalue weighted by molar-refractivity contribution is 5.25. The van der Waals surface area contributed by atoms with Crippen molar-refractivity contribution in [3.8, 4) is 0 Å². The van der Waals surface area contributed by atoms with Gasteiger partial charge in [-0.05, 0) is 38.2 Å². The van der Waals surface area contributed by atoms with Gasteiger partial charge in [0.05, 0.1) is 12.7 Å². The number of nitrogens with zero attached hydrogens (tertiary/aromatic N) is 1. The average molecular weight is 256 g/mol. The summed E-state index contributed by atoms with van der Waals surface area (Å²) in [5.41, 5.74) is 2.68. The van der Waals surface area contributed by atoms with Crippen molar-refractivity contribution < 1.29 is 4.42 Å². The van der Waals surface area contributed by atoms with Crippen molar-refractivity contribution in [1.29, 1.82) is 0 Å². The monoisotopic (exact) mass is 256 g/mol. The third-order valence-electron chi connectivity index (χ3n) is 3.67. The van der Waals surface area contributed by atoms with Crippen LogP contribution in [0.5, 0.6) is 0 Å². The van der Waals surface area contributed by atoms with Gasteiger partial charge in [0.2, 0.25) is 5.89 Å². The quantitative estimate of drug-likeness (QED) is 0.889. The van der Waals surface area contributed by atoms with Crippen LogP contribution in [-0.2, 0) is 6.54 Å². The lowest BCUT2D eigenvalue weighted by Gasteiger charge is -2.18. The number of benzene rings is 1. The van der Waals surface area contributed by atoms with E-state index in [-0.39, 0.29) is 0 Å². The molecule has 19 heavy (non-hydrogen) atoms. The second-order valence-electron chi connectivity index (χ2n) is 5.47. The molecule has 1 heterocycles. The Hall–Kier alpha value is -1.61. The number of nitrogens with one attached hydrogen (secondary N) is 1. The van der Waals surface area contributed by atoms with Crippen LogP contribution in [0.15, 0.2) is 34.9 Å². The van der Waals surface area contributed by atoms with Crippen LogP contribution < -0.4 is 5.32 Å². The summed E-state index contributed by atoms with van der Waals surface area (Å²) >= 11 is 0. The molecule has 2 aromatic rings. The fourth-order valence-electron chi connectivity index (χ4n) is 2.44. The second kappa shape index (κ2) is 5.17. The number of hydrogen-bond acceptors (Lipinski definition) is 3. The summed E-state index contributed by atoms with van der Waals surface area (Å²) in [7, 11) is 0. The Morgan fingerprint density at radius 1 is 1.26 bits per heavy atom. The highest BCUT2D eigenvalue weighted by Gasteiger charge is 2.32. The van der Waals surface area contributed by atoms with Crippen LogP contribution in [0.2, 0.25) is 0 Å². The number of rotatable bonds is 5. The van der Waals surface area contributed by atoms with Crippen LogP contribution in [0, 0.1) is 19.8 Å². The van der Waals surface area contributed by atoms with Crippen LogP contribution in [-0.4, -0.2) is 4.98 Å². The number of hydrogen-bond donors (Lipinski definition) is 1. The van der Waals surface area contributed by atoms with E-state index in [0.29, 0.717) is 12.6 Å². The third kappa shape index (κ3) is 3.04. The van der Waals surface area contributed by atoms with E-state index >= 15 is 0 Å². The predicted molar refractivity (Wildman–Crippen MR) is 74.7 cm³/mol. The molecule has 3 nitrogen and oxygen atoms in total. The largest absolute Gasteiger partial charge is 0.445 e. The molecule has 1 aliphatic rings. The molecule has 1 N–H and O–H groups in total. The Balaban J connectivity index is 1.69. The molecule has 1 atom stereocenters. The molecule has 0 spiro atoms. The molecule has 1 aliphatic carbocycles. The maximum atomic E-state index is 5.52. The van der Waals surface area contributed by atoms with E-state index in [1.54, 1.807) is 6.20 Å². The fraction of sp³-hybridized carbons (Fsp3) is 0.438. The van der Waals surface area contributed by atoms with E-state index < -0.39 is 0 Å². The lowest BCUT2D eigenvalue weighted by atomic mass is 10.0. The first-order chi connectivity index (χ1) is 9.22. The van der Waals surface area contributed by atoms with E-state index in [1.807, 2.05) is 6.92 Å². The van der Waals surface area contributed by atoms with Gasteiger partial charge in [-0.2, -0.15) is 0 Å². The molecular weight excluding hydrogens is 236 g/mol. The summed E-state index contributed by atoms with van der Waals surface area (Å²) in [4.78, 5) is 4.25. The summed E-state index contributed by atoms with van der Waals surface area (Å²) in [6, 6.07) is 9.24. The van der Waals surface area contributed by atoms with E-state index in [4.69, 9.17) is 4.42 Å². The fourth-order valence-corrected chi connectivity index (χ4v) is 2.44. The maximum Gasteiger partial charge on any atom is 0.208 e. The Morgan fingerprint density at radius 2 is 2.00 bits per heavy atom. The summed E-state index contributed by atoms with van der Waals surface area (Å²) in [5, 5.41) is 3.59. The van der Waals surface area contributed by atoms with Gasteiger partial charge in [-0.3, -0.25) is 0 Å².